The van der Waals surface area contributed by atoms with Crippen LogP contribution in [0.2, 0.25) is 0 Å². The molecule has 0 radical (unpaired) electrons. The third kappa shape index (κ3) is 4.24. The molecule has 21 heavy (non-hydrogen) atoms. The van der Waals surface area contributed by atoms with E-state index in [2.05, 4.69) is 22.2 Å². The van der Waals surface area contributed by atoms with Gasteiger partial charge in [-0.3, -0.25) is 4.79 Å². The van der Waals surface area contributed by atoms with E-state index in [1.807, 2.05) is 30.3 Å². The van der Waals surface area contributed by atoms with Crippen LogP contribution in [0.5, 0.6) is 0 Å². The number of aromatic amines is 1. The first-order valence-electron chi connectivity index (χ1n) is 7.13. The van der Waals surface area contributed by atoms with Gasteiger partial charge in [-0.1, -0.05) is 37.3 Å². The number of ether oxygens (including phenoxy) is 1. The number of hydrogen-bond donors (Lipinski definition) is 2. The highest BCUT2D eigenvalue weighted by atomic mass is 16.5. The van der Waals surface area contributed by atoms with Gasteiger partial charge in [0.2, 0.25) is 0 Å². The average Bonchev–Trinajstić information content (AvgIpc) is 2.49. The van der Waals surface area contributed by atoms with Gasteiger partial charge >= 0.3 is 0 Å². The number of benzene rings is 1. The van der Waals surface area contributed by atoms with Crippen molar-refractivity contribution in [2.75, 3.05) is 13.7 Å². The minimum Gasteiger partial charge on any atom is -0.369 e. The van der Waals surface area contributed by atoms with E-state index in [9.17, 15) is 4.79 Å². The van der Waals surface area contributed by atoms with Crippen molar-refractivity contribution in [3.63, 3.8) is 0 Å². The minimum absolute atomic E-state index is 0.161. The van der Waals surface area contributed by atoms with Crippen LogP contribution in [0.25, 0.3) is 0 Å². The number of nitrogens with zero attached hydrogens (tertiary/aromatic N) is 1. The Hall–Kier alpha value is -1.98. The monoisotopic (exact) mass is 287 g/mol. The maximum atomic E-state index is 11.8. The van der Waals surface area contributed by atoms with E-state index in [0.29, 0.717) is 12.4 Å². The molecule has 0 saturated heterocycles. The highest BCUT2D eigenvalue weighted by Gasteiger charge is 2.16. The molecule has 112 valence electrons. The summed E-state index contributed by atoms with van der Waals surface area (Å²) < 4.78 is 5.51. The van der Waals surface area contributed by atoms with Crippen molar-refractivity contribution in [1.82, 2.24) is 15.3 Å². The Labute approximate surface area is 124 Å². The van der Waals surface area contributed by atoms with E-state index < -0.39 is 0 Å². The van der Waals surface area contributed by atoms with Crippen molar-refractivity contribution in [3.8, 4) is 0 Å². The second-order valence-corrected chi connectivity index (χ2v) is 4.83. The largest absolute Gasteiger partial charge is 0.369 e. The Morgan fingerprint density at radius 2 is 2.10 bits per heavy atom. The van der Waals surface area contributed by atoms with E-state index in [1.165, 1.54) is 6.07 Å². The summed E-state index contributed by atoms with van der Waals surface area (Å²) in [6.07, 6.45) is 0.672. The van der Waals surface area contributed by atoms with Gasteiger partial charge in [0, 0.05) is 19.7 Å². The molecule has 2 N–H and O–H groups in total. The van der Waals surface area contributed by atoms with Gasteiger partial charge in [0.05, 0.1) is 5.69 Å². The SMILES string of the molecule is CCCNCc1cc(=O)[nH]c(C(OC)c2ccccc2)n1. The number of aromatic nitrogens is 2. The molecule has 0 saturated carbocycles. The van der Waals surface area contributed by atoms with Gasteiger partial charge in [0.1, 0.15) is 11.9 Å². The maximum Gasteiger partial charge on any atom is 0.251 e. The summed E-state index contributed by atoms with van der Waals surface area (Å²) in [6, 6.07) is 11.2. The van der Waals surface area contributed by atoms with Gasteiger partial charge < -0.3 is 15.0 Å². The molecule has 1 aromatic heterocycles. The lowest BCUT2D eigenvalue weighted by molar-refractivity contribution is 0.128. The summed E-state index contributed by atoms with van der Waals surface area (Å²) >= 11 is 0. The van der Waals surface area contributed by atoms with Crippen LogP contribution in [0.3, 0.4) is 0 Å². The molecule has 1 heterocycles. The Morgan fingerprint density at radius 3 is 2.76 bits per heavy atom. The second-order valence-electron chi connectivity index (χ2n) is 4.83. The molecule has 2 aromatic rings. The zero-order valence-corrected chi connectivity index (χ0v) is 12.4. The number of hydrogen-bond acceptors (Lipinski definition) is 4. The Balaban J connectivity index is 2.27. The van der Waals surface area contributed by atoms with Crippen LogP contribution < -0.4 is 10.9 Å². The van der Waals surface area contributed by atoms with Gasteiger partial charge in [-0.25, -0.2) is 4.98 Å². The van der Waals surface area contributed by atoms with Gasteiger partial charge in [0.15, 0.2) is 0 Å². The summed E-state index contributed by atoms with van der Waals surface area (Å²) in [5, 5.41) is 3.25. The van der Waals surface area contributed by atoms with Gasteiger partial charge in [-0.15, -0.1) is 0 Å². The summed E-state index contributed by atoms with van der Waals surface area (Å²) in [4.78, 5) is 19.1. The number of nitrogens with one attached hydrogen (secondary N) is 2. The van der Waals surface area contributed by atoms with Crippen LogP contribution in [0.4, 0.5) is 0 Å². The summed E-state index contributed by atoms with van der Waals surface area (Å²) in [6.45, 7) is 3.58. The molecule has 0 spiro atoms. The number of rotatable bonds is 7. The van der Waals surface area contributed by atoms with Gasteiger partial charge in [0.25, 0.3) is 5.56 Å². The Bertz CT molecular complexity index is 610. The average molecular weight is 287 g/mol. The van der Waals surface area contributed by atoms with Crippen LogP contribution in [-0.2, 0) is 11.3 Å². The first-order valence-corrected chi connectivity index (χ1v) is 7.13. The van der Waals surface area contributed by atoms with Crippen LogP contribution in [0.1, 0.15) is 36.5 Å². The molecule has 5 heteroatoms. The first-order chi connectivity index (χ1) is 10.2. The predicted molar refractivity (Wildman–Crippen MR) is 82.1 cm³/mol. The molecule has 5 nitrogen and oxygen atoms in total. The first kappa shape index (κ1) is 15.4. The van der Waals surface area contributed by atoms with Crippen molar-refractivity contribution >= 4 is 0 Å². The quantitative estimate of drug-likeness (QED) is 0.764. The van der Waals surface area contributed by atoms with Crippen molar-refractivity contribution < 1.29 is 4.74 Å². The molecule has 0 aliphatic carbocycles. The topological polar surface area (TPSA) is 67.0 Å². The van der Waals surface area contributed by atoms with E-state index in [1.54, 1.807) is 7.11 Å². The lowest BCUT2D eigenvalue weighted by atomic mass is 10.1. The molecule has 1 atom stereocenters. The summed E-state index contributed by atoms with van der Waals surface area (Å²) in [7, 11) is 1.61. The highest BCUT2D eigenvalue weighted by Crippen LogP contribution is 2.21. The van der Waals surface area contributed by atoms with Crippen molar-refractivity contribution in [2.24, 2.45) is 0 Å². The molecule has 0 amide bonds. The molecule has 1 unspecified atom stereocenters. The minimum atomic E-state index is -0.370. The number of methoxy groups -OCH3 is 1. The molecular formula is C16H21N3O2. The zero-order valence-electron chi connectivity index (χ0n) is 12.4. The van der Waals surface area contributed by atoms with Crippen LogP contribution in [-0.4, -0.2) is 23.6 Å². The van der Waals surface area contributed by atoms with E-state index >= 15 is 0 Å². The lowest BCUT2D eigenvalue weighted by Gasteiger charge is -2.15. The molecule has 0 bridgehead atoms. The fraction of sp³-hybridized carbons (Fsp3) is 0.375. The van der Waals surface area contributed by atoms with Crippen molar-refractivity contribution in [2.45, 2.75) is 26.0 Å². The van der Waals surface area contributed by atoms with Crippen LogP contribution in [0, 0.1) is 0 Å². The van der Waals surface area contributed by atoms with E-state index in [-0.39, 0.29) is 11.7 Å². The third-order valence-electron chi connectivity index (χ3n) is 3.13. The van der Waals surface area contributed by atoms with Crippen LogP contribution in [0.15, 0.2) is 41.2 Å². The van der Waals surface area contributed by atoms with Gasteiger partial charge in [-0.05, 0) is 18.5 Å². The molecule has 0 fully saturated rings. The second kappa shape index (κ2) is 7.71. The molecule has 2 rings (SSSR count). The van der Waals surface area contributed by atoms with Crippen molar-refractivity contribution in [1.29, 1.82) is 0 Å². The van der Waals surface area contributed by atoms with Crippen molar-refractivity contribution in [3.05, 3.63) is 63.8 Å². The zero-order chi connectivity index (χ0) is 15.1. The Morgan fingerprint density at radius 1 is 1.33 bits per heavy atom. The molecular weight excluding hydrogens is 266 g/mol. The third-order valence-corrected chi connectivity index (χ3v) is 3.13. The standard InChI is InChI=1S/C16H21N3O2/c1-3-9-17-11-13-10-14(20)19-16(18-13)15(21-2)12-7-5-4-6-8-12/h4-8,10,15,17H,3,9,11H2,1-2H3,(H,18,19,20). The predicted octanol–water partition coefficient (Wildman–Crippen LogP) is 2.01. The molecule has 0 aliphatic rings. The highest BCUT2D eigenvalue weighted by molar-refractivity contribution is 5.23. The molecule has 0 aliphatic heterocycles. The maximum absolute atomic E-state index is 11.8. The van der Waals surface area contributed by atoms with E-state index in [4.69, 9.17) is 4.74 Å². The summed E-state index contributed by atoms with van der Waals surface area (Å²) in [5.74, 6) is 0.532. The number of H-pyrrole nitrogens is 1. The van der Waals surface area contributed by atoms with E-state index in [0.717, 1.165) is 24.2 Å². The Kier molecular flexibility index (Phi) is 5.66. The smallest absolute Gasteiger partial charge is 0.251 e. The van der Waals surface area contributed by atoms with Crippen LogP contribution >= 0.6 is 0 Å². The fourth-order valence-corrected chi connectivity index (χ4v) is 2.17. The summed E-state index contributed by atoms with van der Waals surface area (Å²) in [5.41, 5.74) is 1.52. The molecule has 1 aromatic carbocycles. The lowest BCUT2D eigenvalue weighted by Crippen LogP contribution is -2.21. The van der Waals surface area contributed by atoms with Gasteiger partial charge in [-0.2, -0.15) is 0 Å². The normalized spacial score (nSPS) is 12.3. The fourth-order valence-electron chi connectivity index (χ4n) is 2.17.